The van der Waals surface area contributed by atoms with Crippen LogP contribution in [-0.2, 0) is 14.8 Å². The van der Waals surface area contributed by atoms with E-state index < -0.39 is 10.0 Å². The van der Waals surface area contributed by atoms with Gasteiger partial charge < -0.3 is 9.64 Å². The van der Waals surface area contributed by atoms with Crippen LogP contribution in [0, 0.1) is 5.92 Å². The van der Waals surface area contributed by atoms with Gasteiger partial charge >= 0.3 is 0 Å². The van der Waals surface area contributed by atoms with E-state index >= 15 is 0 Å². The molecule has 7 heteroatoms. The lowest BCUT2D eigenvalue weighted by molar-refractivity contribution is -0.137. The molecule has 27 heavy (non-hydrogen) atoms. The highest BCUT2D eigenvalue weighted by molar-refractivity contribution is 7.89. The van der Waals surface area contributed by atoms with Gasteiger partial charge in [0.15, 0.2) is 0 Å². The van der Waals surface area contributed by atoms with E-state index in [2.05, 4.69) is 12.1 Å². The number of sulfonamides is 1. The lowest BCUT2D eigenvalue weighted by Gasteiger charge is -2.34. The molecule has 2 heterocycles. The van der Waals surface area contributed by atoms with E-state index in [1.165, 1.54) is 4.31 Å². The second-order valence-corrected chi connectivity index (χ2v) is 9.52. The number of likely N-dealkylation sites (tertiary alicyclic amines) is 1. The Hall–Kier alpha value is -1.60. The molecule has 1 amide bonds. The molecule has 0 bridgehead atoms. The fraction of sp³-hybridized carbons (Fsp3) is 0.650. The smallest absolute Gasteiger partial charge is 0.226 e. The van der Waals surface area contributed by atoms with Crippen molar-refractivity contribution >= 4 is 15.9 Å². The fourth-order valence-electron chi connectivity index (χ4n) is 4.13. The SMILES string of the molecule is CCOc1ccc(C2CCCN2C(=O)C2CCN(S(=O)(=O)CC)CC2)cc1. The molecule has 1 unspecified atom stereocenters. The van der Waals surface area contributed by atoms with Crippen LogP contribution >= 0.6 is 0 Å². The van der Waals surface area contributed by atoms with Crippen LogP contribution in [0.15, 0.2) is 24.3 Å². The van der Waals surface area contributed by atoms with Gasteiger partial charge in [0.05, 0.1) is 18.4 Å². The molecule has 0 N–H and O–H groups in total. The van der Waals surface area contributed by atoms with Crippen molar-refractivity contribution in [3.63, 3.8) is 0 Å². The van der Waals surface area contributed by atoms with Gasteiger partial charge in [-0.1, -0.05) is 12.1 Å². The highest BCUT2D eigenvalue weighted by atomic mass is 32.2. The molecule has 3 rings (SSSR count). The maximum absolute atomic E-state index is 13.1. The van der Waals surface area contributed by atoms with Crippen LogP contribution in [0.5, 0.6) is 5.75 Å². The van der Waals surface area contributed by atoms with Crippen molar-refractivity contribution in [3.8, 4) is 5.75 Å². The number of carbonyl (C=O) groups excluding carboxylic acids is 1. The largest absolute Gasteiger partial charge is 0.494 e. The van der Waals surface area contributed by atoms with Gasteiger partial charge in [-0.3, -0.25) is 4.79 Å². The lowest BCUT2D eigenvalue weighted by Crippen LogP contribution is -2.44. The lowest BCUT2D eigenvalue weighted by atomic mass is 9.95. The number of amides is 1. The number of hydrogen-bond donors (Lipinski definition) is 0. The summed E-state index contributed by atoms with van der Waals surface area (Å²) in [5.74, 6) is 1.08. The van der Waals surface area contributed by atoms with E-state index in [0.717, 1.165) is 30.7 Å². The first-order valence-electron chi connectivity index (χ1n) is 9.97. The Morgan fingerprint density at radius 3 is 2.33 bits per heavy atom. The summed E-state index contributed by atoms with van der Waals surface area (Å²) in [6, 6.07) is 8.16. The topological polar surface area (TPSA) is 66.9 Å². The zero-order chi connectivity index (χ0) is 19.4. The Morgan fingerprint density at radius 2 is 1.74 bits per heavy atom. The van der Waals surface area contributed by atoms with E-state index in [9.17, 15) is 13.2 Å². The summed E-state index contributed by atoms with van der Waals surface area (Å²) >= 11 is 0. The van der Waals surface area contributed by atoms with Crippen LogP contribution in [0.4, 0.5) is 0 Å². The van der Waals surface area contributed by atoms with E-state index in [-0.39, 0.29) is 23.6 Å². The van der Waals surface area contributed by atoms with Crippen molar-refractivity contribution in [3.05, 3.63) is 29.8 Å². The van der Waals surface area contributed by atoms with E-state index in [1.54, 1.807) is 6.92 Å². The van der Waals surface area contributed by atoms with Crippen LogP contribution < -0.4 is 4.74 Å². The van der Waals surface area contributed by atoms with Crippen LogP contribution in [0.3, 0.4) is 0 Å². The average Bonchev–Trinajstić information content (AvgIpc) is 3.18. The second-order valence-electron chi connectivity index (χ2n) is 7.27. The molecule has 0 spiro atoms. The van der Waals surface area contributed by atoms with Gasteiger partial charge in [0.25, 0.3) is 0 Å². The van der Waals surface area contributed by atoms with Gasteiger partial charge in [-0.2, -0.15) is 0 Å². The first-order valence-corrected chi connectivity index (χ1v) is 11.6. The van der Waals surface area contributed by atoms with Gasteiger partial charge in [-0.25, -0.2) is 12.7 Å². The van der Waals surface area contributed by atoms with Gasteiger partial charge in [0.1, 0.15) is 5.75 Å². The maximum atomic E-state index is 13.1. The predicted molar refractivity (Wildman–Crippen MR) is 105 cm³/mol. The Bertz CT molecular complexity index is 740. The van der Waals surface area contributed by atoms with Crippen molar-refractivity contribution in [2.24, 2.45) is 5.92 Å². The van der Waals surface area contributed by atoms with Gasteiger partial charge in [-0.15, -0.1) is 0 Å². The molecule has 150 valence electrons. The average molecular weight is 395 g/mol. The number of hydrogen-bond acceptors (Lipinski definition) is 4. The summed E-state index contributed by atoms with van der Waals surface area (Å²) in [5, 5.41) is 0. The summed E-state index contributed by atoms with van der Waals surface area (Å²) in [4.78, 5) is 15.1. The number of carbonyl (C=O) groups is 1. The minimum absolute atomic E-state index is 0.0726. The standard InChI is InChI=1S/C20H30N2O4S/c1-3-26-18-9-7-16(8-10-18)19-6-5-13-22(19)20(23)17-11-14-21(15-12-17)27(24,25)4-2/h7-10,17,19H,3-6,11-15H2,1-2H3. The summed E-state index contributed by atoms with van der Waals surface area (Å²) < 4.78 is 31.1. The van der Waals surface area contributed by atoms with Crippen LogP contribution in [0.1, 0.15) is 51.1 Å². The first-order chi connectivity index (χ1) is 13.0. The molecule has 0 aromatic heterocycles. The number of benzene rings is 1. The summed E-state index contributed by atoms with van der Waals surface area (Å²) in [7, 11) is -3.16. The molecule has 1 aromatic carbocycles. The molecular weight excluding hydrogens is 364 g/mol. The summed E-state index contributed by atoms with van der Waals surface area (Å²) in [6.45, 7) is 5.95. The highest BCUT2D eigenvalue weighted by Crippen LogP contribution is 2.35. The van der Waals surface area contributed by atoms with Crippen molar-refractivity contribution in [2.75, 3.05) is 32.0 Å². The third kappa shape index (κ3) is 4.46. The van der Waals surface area contributed by atoms with E-state index in [1.807, 2.05) is 24.0 Å². The minimum atomic E-state index is -3.16. The van der Waals surface area contributed by atoms with Gasteiger partial charge in [0.2, 0.25) is 15.9 Å². The quantitative estimate of drug-likeness (QED) is 0.744. The fourth-order valence-corrected chi connectivity index (χ4v) is 5.26. The minimum Gasteiger partial charge on any atom is -0.494 e. The molecule has 2 saturated heterocycles. The molecule has 2 fully saturated rings. The normalized spacial score (nSPS) is 22.1. The molecular formula is C20H30N2O4S. The Morgan fingerprint density at radius 1 is 1.07 bits per heavy atom. The third-order valence-electron chi connectivity index (χ3n) is 5.67. The molecule has 1 aromatic rings. The molecule has 2 aliphatic heterocycles. The zero-order valence-electron chi connectivity index (χ0n) is 16.3. The molecule has 0 saturated carbocycles. The number of ether oxygens (including phenoxy) is 1. The highest BCUT2D eigenvalue weighted by Gasteiger charge is 2.36. The van der Waals surface area contributed by atoms with Gasteiger partial charge in [0, 0.05) is 25.6 Å². The predicted octanol–water partition coefficient (Wildman–Crippen LogP) is 2.81. The zero-order valence-corrected chi connectivity index (χ0v) is 17.1. The Balaban J connectivity index is 1.64. The van der Waals surface area contributed by atoms with E-state index in [4.69, 9.17) is 4.74 Å². The van der Waals surface area contributed by atoms with Gasteiger partial charge in [-0.05, 0) is 57.2 Å². The number of piperidine rings is 1. The molecule has 0 radical (unpaired) electrons. The monoisotopic (exact) mass is 394 g/mol. The molecule has 1 atom stereocenters. The summed E-state index contributed by atoms with van der Waals surface area (Å²) in [6.07, 6.45) is 3.21. The van der Waals surface area contributed by atoms with Crippen LogP contribution in [0.2, 0.25) is 0 Å². The third-order valence-corrected chi connectivity index (χ3v) is 7.55. The molecule has 0 aliphatic carbocycles. The van der Waals surface area contributed by atoms with Crippen molar-refractivity contribution in [2.45, 2.75) is 45.6 Å². The summed E-state index contributed by atoms with van der Waals surface area (Å²) in [5.41, 5.74) is 1.15. The second kappa shape index (κ2) is 8.61. The number of nitrogens with zero attached hydrogens (tertiary/aromatic N) is 2. The molecule has 2 aliphatic rings. The van der Waals surface area contributed by atoms with Crippen molar-refractivity contribution in [1.29, 1.82) is 0 Å². The Labute approximate surface area is 162 Å². The van der Waals surface area contributed by atoms with Crippen molar-refractivity contribution < 1.29 is 17.9 Å². The Kier molecular flexibility index (Phi) is 6.42. The van der Waals surface area contributed by atoms with Crippen molar-refractivity contribution in [1.82, 2.24) is 9.21 Å². The molecule has 6 nitrogen and oxygen atoms in total. The van der Waals surface area contributed by atoms with Crippen LogP contribution in [-0.4, -0.2) is 55.5 Å². The maximum Gasteiger partial charge on any atom is 0.226 e. The number of rotatable bonds is 6. The van der Waals surface area contributed by atoms with Crippen LogP contribution in [0.25, 0.3) is 0 Å². The van der Waals surface area contributed by atoms with E-state index in [0.29, 0.717) is 32.5 Å². The first kappa shape index (κ1) is 20.1.